The standard InChI is InChI=1S/C12H13FN4O5S/c1-17-10(6-14-16-17)23(20,21)15-11(12(18)19)7-3-4-9(22-2)8(13)5-7/h3-6,11,15H,1-2H3,(H,18,19). The van der Waals surface area contributed by atoms with Crippen molar-refractivity contribution in [3.8, 4) is 5.75 Å². The highest BCUT2D eigenvalue weighted by Crippen LogP contribution is 2.23. The maximum Gasteiger partial charge on any atom is 0.326 e. The van der Waals surface area contributed by atoms with Gasteiger partial charge in [-0.2, -0.15) is 4.72 Å². The Morgan fingerprint density at radius 1 is 1.48 bits per heavy atom. The van der Waals surface area contributed by atoms with Crippen molar-refractivity contribution in [2.45, 2.75) is 11.1 Å². The number of sulfonamides is 1. The zero-order chi connectivity index (χ0) is 17.2. The Kier molecular flexibility index (Phi) is 4.61. The van der Waals surface area contributed by atoms with Crippen LogP contribution >= 0.6 is 0 Å². The van der Waals surface area contributed by atoms with Crippen LogP contribution in [-0.4, -0.2) is 41.6 Å². The first-order chi connectivity index (χ1) is 10.8. The molecule has 0 saturated heterocycles. The molecule has 1 heterocycles. The fraction of sp³-hybridized carbons (Fsp3) is 0.250. The second-order valence-corrected chi connectivity index (χ2v) is 6.14. The lowest BCUT2D eigenvalue weighted by atomic mass is 10.1. The molecule has 0 aliphatic rings. The molecule has 2 rings (SSSR count). The summed E-state index contributed by atoms with van der Waals surface area (Å²) in [4.78, 5) is 11.4. The third kappa shape index (κ3) is 3.46. The molecule has 0 fully saturated rings. The number of carboxylic acid groups (broad SMARTS) is 1. The van der Waals surface area contributed by atoms with Gasteiger partial charge in [-0.1, -0.05) is 11.3 Å². The van der Waals surface area contributed by atoms with Crippen LogP contribution in [-0.2, 0) is 21.9 Å². The van der Waals surface area contributed by atoms with Crippen LogP contribution in [0.1, 0.15) is 11.6 Å². The highest BCUT2D eigenvalue weighted by Gasteiger charge is 2.29. The van der Waals surface area contributed by atoms with Crippen molar-refractivity contribution in [3.05, 3.63) is 35.8 Å². The molecule has 1 aromatic heterocycles. The molecule has 2 N–H and O–H groups in total. The molecule has 1 aromatic carbocycles. The number of aliphatic carboxylic acids is 1. The molecule has 0 radical (unpaired) electrons. The molecule has 11 heteroatoms. The van der Waals surface area contributed by atoms with Crippen molar-refractivity contribution in [2.24, 2.45) is 7.05 Å². The minimum Gasteiger partial charge on any atom is -0.494 e. The monoisotopic (exact) mass is 344 g/mol. The lowest BCUT2D eigenvalue weighted by Crippen LogP contribution is -2.34. The average Bonchev–Trinajstić information content (AvgIpc) is 2.91. The van der Waals surface area contributed by atoms with Gasteiger partial charge < -0.3 is 9.84 Å². The van der Waals surface area contributed by atoms with Crippen molar-refractivity contribution >= 4 is 16.0 Å². The Bertz CT molecular complexity index is 836. The second-order valence-electron chi connectivity index (χ2n) is 4.48. The minimum absolute atomic E-state index is 0.0865. The molecule has 0 saturated carbocycles. The number of hydrogen-bond donors (Lipinski definition) is 2. The van der Waals surface area contributed by atoms with Gasteiger partial charge in [0.2, 0.25) is 0 Å². The Morgan fingerprint density at radius 2 is 2.17 bits per heavy atom. The number of ether oxygens (including phenoxy) is 1. The van der Waals surface area contributed by atoms with Crippen LogP contribution in [0.3, 0.4) is 0 Å². The predicted molar refractivity (Wildman–Crippen MR) is 74.7 cm³/mol. The van der Waals surface area contributed by atoms with Crippen LogP contribution in [0.2, 0.25) is 0 Å². The fourth-order valence-corrected chi connectivity index (χ4v) is 3.10. The highest BCUT2D eigenvalue weighted by molar-refractivity contribution is 7.89. The Morgan fingerprint density at radius 3 is 2.65 bits per heavy atom. The minimum atomic E-state index is -4.22. The maximum absolute atomic E-state index is 13.7. The molecule has 0 spiro atoms. The van der Waals surface area contributed by atoms with E-state index in [9.17, 15) is 22.7 Å². The van der Waals surface area contributed by atoms with Gasteiger partial charge >= 0.3 is 5.97 Å². The summed E-state index contributed by atoms with van der Waals surface area (Å²) in [6.45, 7) is 0. The van der Waals surface area contributed by atoms with Crippen molar-refractivity contribution in [3.63, 3.8) is 0 Å². The number of aryl methyl sites for hydroxylation is 1. The van der Waals surface area contributed by atoms with Gasteiger partial charge in [0.1, 0.15) is 6.04 Å². The van der Waals surface area contributed by atoms with Crippen LogP contribution < -0.4 is 9.46 Å². The molecular weight excluding hydrogens is 331 g/mol. The first-order valence-electron chi connectivity index (χ1n) is 6.19. The second kappa shape index (κ2) is 6.30. The van der Waals surface area contributed by atoms with E-state index in [0.717, 1.165) is 16.9 Å². The van der Waals surface area contributed by atoms with E-state index in [4.69, 9.17) is 4.74 Å². The number of halogens is 1. The highest BCUT2D eigenvalue weighted by atomic mass is 32.2. The molecule has 1 atom stereocenters. The summed E-state index contributed by atoms with van der Waals surface area (Å²) in [5.74, 6) is -2.39. The van der Waals surface area contributed by atoms with Crippen LogP contribution in [0.15, 0.2) is 29.4 Å². The van der Waals surface area contributed by atoms with E-state index in [0.29, 0.717) is 0 Å². The largest absolute Gasteiger partial charge is 0.494 e. The van der Waals surface area contributed by atoms with Gasteiger partial charge in [-0.25, -0.2) is 17.5 Å². The predicted octanol–water partition coefficient (Wildman–Crippen LogP) is 0.0670. The van der Waals surface area contributed by atoms with E-state index in [1.54, 1.807) is 0 Å². The van der Waals surface area contributed by atoms with Crippen molar-refractivity contribution < 1.29 is 27.4 Å². The summed E-state index contributed by atoms with van der Waals surface area (Å²) in [7, 11) is -1.62. The number of carboxylic acids is 1. The van der Waals surface area contributed by atoms with Crippen LogP contribution in [0, 0.1) is 5.82 Å². The summed E-state index contributed by atoms with van der Waals surface area (Å²) >= 11 is 0. The molecule has 0 aliphatic heterocycles. The zero-order valence-corrected chi connectivity index (χ0v) is 12.9. The van der Waals surface area contributed by atoms with Gasteiger partial charge in [-0.3, -0.25) is 4.79 Å². The van der Waals surface area contributed by atoms with E-state index in [2.05, 4.69) is 10.3 Å². The summed E-state index contributed by atoms with van der Waals surface area (Å²) in [5.41, 5.74) is -0.0884. The summed E-state index contributed by atoms with van der Waals surface area (Å²) in [6, 6.07) is 1.67. The zero-order valence-electron chi connectivity index (χ0n) is 12.1. The smallest absolute Gasteiger partial charge is 0.326 e. The number of rotatable bonds is 6. The quantitative estimate of drug-likeness (QED) is 0.760. The Balaban J connectivity index is 2.39. The molecule has 2 aromatic rings. The molecular formula is C12H13FN4O5S. The Labute approximate surface area is 130 Å². The molecule has 23 heavy (non-hydrogen) atoms. The maximum atomic E-state index is 13.7. The number of methoxy groups -OCH3 is 1. The van der Waals surface area contributed by atoms with Crippen molar-refractivity contribution in [1.29, 1.82) is 0 Å². The number of hydrogen-bond acceptors (Lipinski definition) is 6. The van der Waals surface area contributed by atoms with Gasteiger partial charge in [0.15, 0.2) is 16.6 Å². The average molecular weight is 344 g/mol. The van der Waals surface area contributed by atoms with Gasteiger partial charge in [-0.05, 0) is 17.7 Å². The first-order valence-corrected chi connectivity index (χ1v) is 7.68. The summed E-state index contributed by atoms with van der Waals surface area (Å²) in [6.07, 6.45) is 0.968. The summed E-state index contributed by atoms with van der Waals surface area (Å²) in [5, 5.41) is 15.8. The molecule has 0 aliphatic carbocycles. The molecule has 9 nitrogen and oxygen atoms in total. The van der Waals surface area contributed by atoms with E-state index < -0.39 is 27.9 Å². The lowest BCUT2D eigenvalue weighted by molar-refractivity contribution is -0.139. The molecule has 0 amide bonds. The Hall–Kier alpha value is -2.53. The summed E-state index contributed by atoms with van der Waals surface area (Å²) < 4.78 is 45.8. The third-order valence-electron chi connectivity index (χ3n) is 2.98. The van der Waals surface area contributed by atoms with Gasteiger partial charge in [-0.15, -0.1) is 5.10 Å². The van der Waals surface area contributed by atoms with E-state index in [1.807, 2.05) is 4.72 Å². The molecule has 1 unspecified atom stereocenters. The molecule has 0 bridgehead atoms. The third-order valence-corrected chi connectivity index (χ3v) is 4.44. The van der Waals surface area contributed by atoms with Crippen LogP contribution in [0.25, 0.3) is 0 Å². The van der Waals surface area contributed by atoms with Gasteiger partial charge in [0.25, 0.3) is 10.0 Å². The fourth-order valence-electron chi connectivity index (χ4n) is 1.86. The van der Waals surface area contributed by atoms with Crippen molar-refractivity contribution in [1.82, 2.24) is 19.7 Å². The van der Waals surface area contributed by atoms with E-state index in [1.165, 1.54) is 26.3 Å². The van der Waals surface area contributed by atoms with Crippen LogP contribution in [0.5, 0.6) is 5.75 Å². The number of nitrogens with zero attached hydrogens (tertiary/aromatic N) is 3. The SMILES string of the molecule is COc1ccc(C(NS(=O)(=O)c2cnnn2C)C(=O)O)cc1F. The topological polar surface area (TPSA) is 123 Å². The number of aromatic nitrogens is 3. The van der Waals surface area contributed by atoms with Crippen molar-refractivity contribution in [2.75, 3.05) is 7.11 Å². The molecule has 124 valence electrons. The van der Waals surface area contributed by atoms with Gasteiger partial charge in [0, 0.05) is 7.05 Å². The number of benzene rings is 1. The first kappa shape index (κ1) is 16.8. The normalized spacial score (nSPS) is 12.8. The van der Waals surface area contributed by atoms with Gasteiger partial charge in [0.05, 0.1) is 13.3 Å². The van der Waals surface area contributed by atoms with E-state index >= 15 is 0 Å². The van der Waals surface area contributed by atoms with E-state index in [-0.39, 0.29) is 16.3 Å². The number of nitrogens with one attached hydrogen (secondary N) is 1. The number of carbonyl (C=O) groups is 1. The van der Waals surface area contributed by atoms with Crippen LogP contribution in [0.4, 0.5) is 4.39 Å². The lowest BCUT2D eigenvalue weighted by Gasteiger charge is -2.15.